The third-order valence-corrected chi connectivity index (χ3v) is 3.78. The second-order valence-corrected chi connectivity index (χ2v) is 7.10. The van der Waals surface area contributed by atoms with Gasteiger partial charge < -0.3 is 14.4 Å². The Hall–Kier alpha value is -1.99. The van der Waals surface area contributed by atoms with Crippen LogP contribution in [0.1, 0.15) is 39.3 Å². The van der Waals surface area contributed by atoms with Crippen LogP contribution in [0.3, 0.4) is 0 Å². The molecule has 1 aliphatic heterocycles. The molecule has 5 nitrogen and oxygen atoms in total. The van der Waals surface area contributed by atoms with E-state index in [2.05, 4.69) is 4.98 Å². The molecule has 1 amide bonds. The molecule has 8 heteroatoms. The number of aromatic nitrogens is 1. The Kier molecular flexibility index (Phi) is 5.80. The Morgan fingerprint density at radius 1 is 1.24 bits per heavy atom. The molecule has 0 bridgehead atoms. The number of rotatable bonds is 3. The number of carbonyl (C=O) groups is 1. The number of amides is 1. The molecule has 0 saturated carbocycles. The number of hydrogen-bond acceptors (Lipinski definition) is 4. The zero-order chi connectivity index (χ0) is 18.7. The van der Waals surface area contributed by atoms with E-state index in [-0.39, 0.29) is 12.0 Å². The fraction of sp³-hybridized carbons (Fsp3) is 0.647. The van der Waals surface area contributed by atoms with Gasteiger partial charge in [0, 0.05) is 13.1 Å². The molecule has 0 N–H and O–H groups in total. The van der Waals surface area contributed by atoms with Crippen molar-refractivity contribution in [2.75, 3.05) is 19.7 Å². The smallest absolute Gasteiger partial charge is 0.433 e. The molecule has 0 aliphatic carbocycles. The molecule has 0 atom stereocenters. The topological polar surface area (TPSA) is 51.7 Å². The van der Waals surface area contributed by atoms with E-state index in [9.17, 15) is 18.0 Å². The molecule has 25 heavy (non-hydrogen) atoms. The monoisotopic (exact) mass is 360 g/mol. The molecule has 2 rings (SSSR count). The Balaban J connectivity index is 1.76. The van der Waals surface area contributed by atoms with Gasteiger partial charge in [-0.2, -0.15) is 13.2 Å². The molecule has 1 saturated heterocycles. The summed E-state index contributed by atoms with van der Waals surface area (Å²) in [6.45, 7) is 7.01. The maximum atomic E-state index is 12.5. The zero-order valence-electron chi connectivity index (χ0n) is 14.6. The predicted octanol–water partition coefficient (Wildman–Crippen LogP) is 4.13. The highest BCUT2D eigenvalue weighted by atomic mass is 19.4. The molecule has 0 spiro atoms. The summed E-state index contributed by atoms with van der Waals surface area (Å²) in [6, 6.07) is 2.17. The SMILES string of the molecule is CC(C)(C)OC(=O)N1CCC(COc2ccc(C(F)(F)F)nc2)CC1. The molecule has 1 aliphatic rings. The first-order valence-corrected chi connectivity index (χ1v) is 8.18. The molecule has 1 aromatic heterocycles. The Labute approximate surface area is 145 Å². The largest absolute Gasteiger partial charge is 0.492 e. The zero-order valence-corrected chi connectivity index (χ0v) is 14.6. The van der Waals surface area contributed by atoms with Gasteiger partial charge in [0.2, 0.25) is 0 Å². The van der Waals surface area contributed by atoms with Gasteiger partial charge in [-0.05, 0) is 51.7 Å². The molecule has 2 heterocycles. The van der Waals surface area contributed by atoms with Gasteiger partial charge in [-0.1, -0.05) is 0 Å². The number of hydrogen-bond donors (Lipinski definition) is 0. The summed E-state index contributed by atoms with van der Waals surface area (Å²) in [6.07, 6.45) is -2.18. The van der Waals surface area contributed by atoms with Crippen LogP contribution in [0, 0.1) is 5.92 Å². The lowest BCUT2D eigenvalue weighted by molar-refractivity contribution is -0.141. The first kappa shape index (κ1) is 19.3. The normalized spacial score (nSPS) is 16.6. The van der Waals surface area contributed by atoms with Crippen molar-refractivity contribution in [2.24, 2.45) is 5.92 Å². The number of carbonyl (C=O) groups excluding carboxylic acids is 1. The highest BCUT2D eigenvalue weighted by Crippen LogP contribution is 2.28. The number of likely N-dealkylation sites (tertiary alicyclic amines) is 1. The van der Waals surface area contributed by atoms with Crippen molar-refractivity contribution in [1.29, 1.82) is 0 Å². The number of pyridine rings is 1. The van der Waals surface area contributed by atoms with E-state index in [0.29, 0.717) is 25.4 Å². The molecule has 0 radical (unpaired) electrons. The Morgan fingerprint density at radius 3 is 2.36 bits per heavy atom. The maximum absolute atomic E-state index is 12.5. The molecular formula is C17H23F3N2O3. The lowest BCUT2D eigenvalue weighted by Gasteiger charge is -2.33. The van der Waals surface area contributed by atoms with E-state index >= 15 is 0 Å². The number of alkyl halides is 3. The summed E-state index contributed by atoms with van der Waals surface area (Å²) in [5.74, 6) is 0.545. The average Bonchev–Trinajstić information content (AvgIpc) is 2.51. The first-order chi connectivity index (χ1) is 11.5. The van der Waals surface area contributed by atoms with Crippen molar-refractivity contribution in [3.63, 3.8) is 0 Å². The third-order valence-electron chi connectivity index (χ3n) is 3.78. The minimum absolute atomic E-state index is 0.237. The van der Waals surface area contributed by atoms with Crippen LogP contribution < -0.4 is 4.74 Å². The summed E-state index contributed by atoms with van der Waals surface area (Å²) >= 11 is 0. The van der Waals surface area contributed by atoms with Crippen LogP contribution in [0.4, 0.5) is 18.0 Å². The van der Waals surface area contributed by atoms with Gasteiger partial charge in [-0.3, -0.25) is 0 Å². The van der Waals surface area contributed by atoms with Gasteiger partial charge in [0.05, 0.1) is 12.8 Å². The van der Waals surface area contributed by atoms with Crippen LogP contribution in [-0.4, -0.2) is 41.3 Å². The van der Waals surface area contributed by atoms with Crippen molar-refractivity contribution in [2.45, 2.75) is 45.4 Å². The summed E-state index contributed by atoms with van der Waals surface area (Å²) in [7, 11) is 0. The quantitative estimate of drug-likeness (QED) is 0.813. The van der Waals surface area contributed by atoms with E-state index in [1.165, 1.54) is 6.07 Å². The highest BCUT2D eigenvalue weighted by Gasteiger charge is 2.32. The fourth-order valence-electron chi connectivity index (χ4n) is 2.46. The minimum atomic E-state index is -4.45. The van der Waals surface area contributed by atoms with Crippen molar-refractivity contribution >= 4 is 6.09 Å². The van der Waals surface area contributed by atoms with Crippen LogP contribution in [0.2, 0.25) is 0 Å². The number of piperidine rings is 1. The van der Waals surface area contributed by atoms with Crippen molar-refractivity contribution in [3.05, 3.63) is 24.0 Å². The maximum Gasteiger partial charge on any atom is 0.433 e. The van der Waals surface area contributed by atoms with E-state index in [1.807, 2.05) is 20.8 Å². The molecule has 0 unspecified atom stereocenters. The first-order valence-electron chi connectivity index (χ1n) is 8.18. The standard InChI is InChI=1S/C17H23F3N2O3/c1-16(2,3)25-15(23)22-8-6-12(7-9-22)11-24-13-4-5-14(21-10-13)17(18,19)20/h4-5,10,12H,6-9,11H2,1-3H3. The summed E-state index contributed by atoms with van der Waals surface area (Å²) < 4.78 is 48.2. The van der Waals surface area contributed by atoms with Crippen LogP contribution in [0.5, 0.6) is 5.75 Å². The molecule has 1 fully saturated rings. The average molecular weight is 360 g/mol. The second kappa shape index (κ2) is 7.49. The van der Waals surface area contributed by atoms with Crippen LogP contribution in [-0.2, 0) is 10.9 Å². The summed E-state index contributed by atoms with van der Waals surface area (Å²) in [5.41, 5.74) is -1.46. The summed E-state index contributed by atoms with van der Waals surface area (Å²) in [4.78, 5) is 17.0. The molecule has 0 aromatic carbocycles. The highest BCUT2D eigenvalue weighted by molar-refractivity contribution is 5.68. The minimum Gasteiger partial charge on any atom is -0.492 e. The van der Waals surface area contributed by atoms with Crippen molar-refractivity contribution in [1.82, 2.24) is 9.88 Å². The van der Waals surface area contributed by atoms with E-state index in [1.54, 1.807) is 4.90 Å². The van der Waals surface area contributed by atoms with Crippen LogP contribution in [0.25, 0.3) is 0 Å². The van der Waals surface area contributed by atoms with Crippen LogP contribution in [0.15, 0.2) is 18.3 Å². The number of ether oxygens (including phenoxy) is 2. The van der Waals surface area contributed by atoms with Crippen molar-refractivity contribution in [3.8, 4) is 5.75 Å². The van der Waals surface area contributed by atoms with E-state index in [4.69, 9.17) is 9.47 Å². The van der Waals surface area contributed by atoms with Gasteiger partial charge in [-0.25, -0.2) is 9.78 Å². The van der Waals surface area contributed by atoms with Gasteiger partial charge in [0.25, 0.3) is 0 Å². The Morgan fingerprint density at radius 2 is 1.88 bits per heavy atom. The molecule has 140 valence electrons. The summed E-state index contributed by atoms with van der Waals surface area (Å²) in [5, 5.41) is 0. The lowest BCUT2D eigenvalue weighted by Crippen LogP contribution is -2.42. The third kappa shape index (κ3) is 6.10. The van der Waals surface area contributed by atoms with E-state index in [0.717, 1.165) is 25.1 Å². The number of nitrogens with zero attached hydrogens (tertiary/aromatic N) is 2. The van der Waals surface area contributed by atoms with E-state index < -0.39 is 17.5 Å². The second-order valence-electron chi connectivity index (χ2n) is 7.10. The lowest BCUT2D eigenvalue weighted by atomic mass is 9.98. The van der Waals surface area contributed by atoms with Crippen molar-refractivity contribution < 1.29 is 27.4 Å². The fourth-order valence-corrected chi connectivity index (χ4v) is 2.46. The molecular weight excluding hydrogens is 337 g/mol. The molecule has 1 aromatic rings. The number of halogens is 3. The van der Waals surface area contributed by atoms with Crippen LogP contribution >= 0.6 is 0 Å². The van der Waals surface area contributed by atoms with Gasteiger partial charge in [0.15, 0.2) is 0 Å². The Bertz CT molecular complexity index is 574. The van der Waals surface area contributed by atoms with Gasteiger partial charge in [0.1, 0.15) is 17.0 Å². The van der Waals surface area contributed by atoms with Gasteiger partial charge >= 0.3 is 12.3 Å². The predicted molar refractivity (Wildman–Crippen MR) is 85.3 cm³/mol. The van der Waals surface area contributed by atoms with Gasteiger partial charge in [-0.15, -0.1) is 0 Å².